The van der Waals surface area contributed by atoms with E-state index in [0.29, 0.717) is 11.3 Å². The average Bonchev–Trinajstić information content (AvgIpc) is 1.04. The van der Waals surface area contributed by atoms with Gasteiger partial charge in [0.15, 0.2) is 0 Å². The number of aromatic nitrogens is 1. The van der Waals surface area contributed by atoms with Crippen LogP contribution in [-0.2, 0) is 16.2 Å². The highest BCUT2D eigenvalue weighted by atomic mass is 32.1. The molecule has 102 heavy (non-hydrogen) atoms. The number of benzene rings is 14. The molecule has 0 spiro atoms. The Labute approximate surface area is 611 Å². The summed E-state index contributed by atoms with van der Waals surface area (Å²) in [7, 11) is 0. The number of para-hydroxylation sites is 3. The summed E-state index contributed by atoms with van der Waals surface area (Å²) in [5.74, 6) is -0.539. The molecule has 2 aliphatic heterocycles. The summed E-state index contributed by atoms with van der Waals surface area (Å²) in [5.41, 5.74) is 22.2. The van der Waals surface area contributed by atoms with Crippen LogP contribution in [0, 0.1) is 0 Å². The van der Waals surface area contributed by atoms with Gasteiger partial charge in [-0.25, -0.2) is 0 Å². The van der Waals surface area contributed by atoms with Crippen LogP contribution in [0.2, 0.25) is 0 Å². The Kier molecular flexibility index (Phi) is 12.1. The first-order valence-electron chi connectivity index (χ1n) is 39.3. The van der Waals surface area contributed by atoms with Crippen molar-refractivity contribution in [3.63, 3.8) is 0 Å². The van der Waals surface area contributed by atoms with Crippen LogP contribution in [0.4, 0.5) is 34.1 Å². The lowest BCUT2D eigenvalue weighted by atomic mass is 9.73. The predicted molar refractivity (Wildman–Crippen MR) is 435 cm³/mol. The van der Waals surface area contributed by atoms with Gasteiger partial charge in [-0.05, 0) is 144 Å². The van der Waals surface area contributed by atoms with Crippen molar-refractivity contribution >= 4 is 109 Å². The number of nitrogens with zero attached hydrogens (tertiary/aromatic N) is 3. The number of hydrogen-bond donors (Lipinski definition) is 0. The van der Waals surface area contributed by atoms with Gasteiger partial charge in [-0.15, -0.1) is 11.3 Å². The summed E-state index contributed by atoms with van der Waals surface area (Å²) in [4.78, 5) is 4.92. The van der Waals surface area contributed by atoms with Crippen molar-refractivity contribution < 1.29 is 15.4 Å². The quantitative estimate of drug-likeness (QED) is 0.152. The topological polar surface area (TPSA) is 24.6 Å². The molecule has 4 nitrogen and oxygen atoms in total. The van der Waals surface area contributed by atoms with E-state index in [1.807, 2.05) is 24.3 Å². The summed E-state index contributed by atoms with van der Waals surface area (Å²) in [6.45, 7) is 20.5. The Morgan fingerprint density at radius 3 is 1.49 bits per heavy atom. The molecule has 0 saturated carbocycles. The Bertz CT molecular complexity index is 6650. The summed E-state index contributed by atoms with van der Waals surface area (Å²) in [5, 5.41) is 4.05. The van der Waals surface area contributed by atoms with Crippen molar-refractivity contribution in [2.75, 3.05) is 9.80 Å². The monoisotopic (exact) mass is 1340 g/mol. The molecule has 0 aliphatic carbocycles. The molecule has 17 aromatic rings. The summed E-state index contributed by atoms with van der Waals surface area (Å²) >= 11 is 1.77. The molecule has 0 fully saturated rings. The molecule has 0 radical (unpaired) electrons. The van der Waals surface area contributed by atoms with E-state index >= 15 is 0 Å². The molecule has 3 aromatic heterocycles. The zero-order valence-electron chi connectivity index (χ0n) is 66.4. The average molecular weight is 1340 g/mol. The summed E-state index contributed by atoms with van der Waals surface area (Å²) < 4.78 is 89.3. The molecule has 492 valence electrons. The number of hydrogen-bond acceptors (Lipinski definition) is 4. The second kappa shape index (κ2) is 23.0. The van der Waals surface area contributed by atoms with Gasteiger partial charge in [0, 0.05) is 75.5 Å². The lowest BCUT2D eigenvalue weighted by molar-refractivity contribution is 0.569. The van der Waals surface area contributed by atoms with Crippen LogP contribution in [0.5, 0.6) is 0 Å². The van der Waals surface area contributed by atoms with Crippen LogP contribution < -0.4 is 9.80 Å². The van der Waals surface area contributed by atoms with Crippen molar-refractivity contribution in [1.82, 2.24) is 4.57 Å². The number of fused-ring (bicyclic) bond motifs is 13. The van der Waals surface area contributed by atoms with Crippen molar-refractivity contribution in [3.05, 3.63) is 330 Å². The summed E-state index contributed by atoms with van der Waals surface area (Å²) in [6, 6.07) is 85.9. The second-order valence-corrected chi connectivity index (χ2v) is 31.7. The van der Waals surface area contributed by atoms with E-state index in [-0.39, 0.29) is 38.1 Å². The van der Waals surface area contributed by atoms with Crippen LogP contribution in [0.1, 0.15) is 113 Å². The highest BCUT2D eigenvalue weighted by Gasteiger charge is 2.45. The minimum Gasteiger partial charge on any atom is -0.455 e. The minimum absolute atomic E-state index is 0.0127. The smallest absolute Gasteiger partial charge is 0.145 e. The van der Waals surface area contributed by atoms with Crippen LogP contribution in [0.25, 0.3) is 125 Å². The molecular weight excluding hydrogens is 1260 g/mol. The molecule has 0 saturated heterocycles. The first kappa shape index (κ1) is 53.4. The molecule has 0 bridgehead atoms. The fraction of sp³-hybridized carbons (Fsp3) is 0.134. The fourth-order valence-electron chi connectivity index (χ4n) is 16.2. The first-order chi connectivity index (χ1) is 52.8. The Balaban J connectivity index is 1.08. The third-order valence-electron chi connectivity index (χ3n) is 21.2. The molecule has 1 unspecified atom stereocenters. The third kappa shape index (κ3) is 9.69. The molecule has 14 aromatic carbocycles. The predicted octanol–water partition coefficient (Wildman–Crippen LogP) is 28.0. The Morgan fingerprint density at radius 2 is 0.882 bits per heavy atom. The molecule has 1 atom stereocenters. The molecule has 2 aliphatic rings. The number of anilines is 6. The van der Waals surface area contributed by atoms with Crippen molar-refractivity contribution in [1.29, 1.82) is 0 Å². The SMILES string of the molecule is [2H]c1c([2H])c([2H])c2c(c1[2H])c1c([2H])c([2H])c([2H])c([2H])c1n2-c1cc2c3c(c1)N(c1c(-c4ccccc4)cc4sc5ccccc5c4c1-c1ccccc1)c1ccc(-c4cc(C(C)(C)C)cc(C(C)(C)C)c4)cc1C3c1ccc(C(C)(C)C)cc1N2c1c(-c2ccccc2)cc2c(oc3ccccc32)c1-c1ccccc1. The second-order valence-electron chi connectivity index (χ2n) is 30.6. The van der Waals surface area contributed by atoms with Crippen LogP contribution >= 0.6 is 11.3 Å². The lowest BCUT2D eigenvalue weighted by Gasteiger charge is -2.47. The first-order valence-corrected chi connectivity index (χ1v) is 36.1. The van der Waals surface area contributed by atoms with E-state index in [0.717, 1.165) is 149 Å². The maximum absolute atomic E-state index is 10.2. The van der Waals surface area contributed by atoms with Crippen LogP contribution in [0.15, 0.2) is 301 Å². The van der Waals surface area contributed by atoms with Gasteiger partial charge in [0.05, 0.1) is 61.8 Å². The zero-order chi connectivity index (χ0) is 76.0. The molecule has 5 heterocycles. The fourth-order valence-corrected chi connectivity index (χ4v) is 17.4. The van der Waals surface area contributed by atoms with Crippen LogP contribution in [0.3, 0.4) is 0 Å². The number of thiophene rings is 1. The Morgan fingerprint density at radius 1 is 0.363 bits per heavy atom. The minimum atomic E-state index is -0.539. The van der Waals surface area contributed by atoms with Gasteiger partial charge in [0.2, 0.25) is 0 Å². The van der Waals surface area contributed by atoms with Gasteiger partial charge in [-0.3, -0.25) is 0 Å². The zero-order valence-corrected chi connectivity index (χ0v) is 59.2. The van der Waals surface area contributed by atoms with Gasteiger partial charge in [-0.1, -0.05) is 293 Å². The maximum atomic E-state index is 10.2. The van der Waals surface area contributed by atoms with Crippen molar-refractivity contribution in [2.45, 2.75) is 84.5 Å². The van der Waals surface area contributed by atoms with Gasteiger partial charge in [0.25, 0.3) is 0 Å². The van der Waals surface area contributed by atoms with Gasteiger partial charge in [-0.2, -0.15) is 0 Å². The maximum Gasteiger partial charge on any atom is 0.145 e. The number of furan rings is 1. The largest absolute Gasteiger partial charge is 0.455 e. The highest BCUT2D eigenvalue weighted by molar-refractivity contribution is 7.26. The summed E-state index contributed by atoms with van der Waals surface area (Å²) in [6.07, 6.45) is 0. The van der Waals surface area contributed by atoms with Crippen molar-refractivity contribution in [3.8, 4) is 61.3 Å². The van der Waals surface area contributed by atoms with Crippen LogP contribution in [-0.4, -0.2) is 4.57 Å². The highest BCUT2D eigenvalue weighted by Crippen LogP contribution is 2.66. The van der Waals surface area contributed by atoms with E-state index in [2.05, 4.69) is 297 Å². The molecular formula is C97H77N3OS. The van der Waals surface area contributed by atoms with Gasteiger partial charge < -0.3 is 18.8 Å². The van der Waals surface area contributed by atoms with E-state index in [9.17, 15) is 11.0 Å². The normalized spacial score (nSPS) is 14.9. The molecule has 19 rings (SSSR count). The molecule has 0 amide bonds. The van der Waals surface area contributed by atoms with E-state index in [1.165, 1.54) is 11.1 Å². The number of rotatable bonds is 8. The third-order valence-corrected chi connectivity index (χ3v) is 22.3. The molecule has 0 N–H and O–H groups in total. The van der Waals surface area contributed by atoms with Gasteiger partial charge in [0.1, 0.15) is 11.2 Å². The molecule has 5 heteroatoms. The standard InChI is InChI=1S/C97H77N3OS/c1-95(2,3)65-47-48-72-81(54-65)100(93-74(59-30-14-10-15-31-59)57-76-71-40-24-28-44-84(71)101-94(76)88(93)62-36-20-13-21-37-62)83-56-68(98-78-42-26-22-38-69(78)70-39-23-27-43-79(70)98)55-82-91(83)89(72)77-52-63(64-50-66(96(4,5)6)53-67(51-64)97(7,8)9)46-49-80(77)99(82)92-75(60-32-16-11-17-33-60)58-86-90(73-41-25-29-45-85(73)102-86)87(92)61-34-18-12-19-35-61/h10-58,89H,1-9H3/i22D,23D,26D,27D,38D,39D,42D,43D. The lowest BCUT2D eigenvalue weighted by Crippen LogP contribution is -2.31. The van der Waals surface area contributed by atoms with Gasteiger partial charge >= 0.3 is 0 Å². The van der Waals surface area contributed by atoms with E-state index < -0.39 is 54.3 Å². The van der Waals surface area contributed by atoms with E-state index in [1.54, 1.807) is 15.9 Å². The van der Waals surface area contributed by atoms with Crippen molar-refractivity contribution in [2.24, 2.45) is 0 Å². The Hall–Kier alpha value is -11.5. The van der Waals surface area contributed by atoms with E-state index in [4.69, 9.17) is 4.42 Å².